The molecule has 0 atom stereocenters. The van der Waals surface area contributed by atoms with E-state index in [-0.39, 0.29) is 5.97 Å². The summed E-state index contributed by atoms with van der Waals surface area (Å²) in [6.07, 6.45) is 38.5. The number of carbonyl (C=O) groups excluding carboxylic acids is 1. The van der Waals surface area contributed by atoms with E-state index in [4.69, 9.17) is 4.74 Å². The molecule has 0 spiro atoms. The van der Waals surface area contributed by atoms with Gasteiger partial charge in [0.15, 0.2) is 0 Å². The van der Waals surface area contributed by atoms with Crippen molar-refractivity contribution in [1.82, 2.24) is 0 Å². The van der Waals surface area contributed by atoms with Gasteiger partial charge in [-0.1, -0.05) is 174 Å². The molecule has 0 bridgehead atoms. The molecule has 2 heteroatoms. The molecule has 0 aliphatic heterocycles. The number of ether oxygens (including phenoxy) is 1. The van der Waals surface area contributed by atoms with Gasteiger partial charge in [0.2, 0.25) is 0 Å². The maximum absolute atomic E-state index is 12.1. The average molecular weight is 507 g/mol. The first kappa shape index (κ1) is 35.2. The van der Waals surface area contributed by atoms with Gasteiger partial charge in [0, 0.05) is 5.57 Å². The molecule has 214 valence electrons. The van der Waals surface area contributed by atoms with Crippen LogP contribution < -0.4 is 0 Å². The zero-order valence-corrected chi connectivity index (χ0v) is 25.2. The van der Waals surface area contributed by atoms with Crippen LogP contribution in [0.2, 0.25) is 0 Å². The summed E-state index contributed by atoms with van der Waals surface area (Å²) < 4.78 is 5.47. The molecule has 0 unspecified atom stereocenters. The fourth-order valence-corrected chi connectivity index (χ4v) is 4.96. The van der Waals surface area contributed by atoms with Crippen LogP contribution in [0.25, 0.3) is 0 Å². The Hall–Kier alpha value is -0.790. The monoisotopic (exact) mass is 507 g/mol. The minimum atomic E-state index is -0.108. The lowest BCUT2D eigenvalue weighted by atomic mass is 10.0. The third-order valence-electron chi connectivity index (χ3n) is 7.56. The Labute approximate surface area is 227 Å². The number of unbranched alkanes of at least 4 members (excludes halogenated alkanes) is 25. The summed E-state index contributed by atoms with van der Waals surface area (Å²) in [4.78, 5) is 12.1. The van der Waals surface area contributed by atoms with E-state index < -0.39 is 0 Å². The number of hydrogen-bond acceptors (Lipinski definition) is 2. The maximum Gasteiger partial charge on any atom is 0.333 e. The lowest BCUT2D eigenvalue weighted by Gasteiger charge is -2.06. The SMILES string of the molecule is CCCCCCCCCCCCC=C(C)C(=O)OCCCCCCCCCCCCCCCCCC. The highest BCUT2D eigenvalue weighted by Crippen LogP contribution is 2.14. The van der Waals surface area contributed by atoms with E-state index in [9.17, 15) is 4.79 Å². The lowest BCUT2D eigenvalue weighted by Crippen LogP contribution is -2.07. The molecule has 36 heavy (non-hydrogen) atoms. The molecule has 0 rings (SSSR count). The summed E-state index contributed by atoms with van der Waals surface area (Å²) in [5.41, 5.74) is 0.794. The number of esters is 1. The highest BCUT2D eigenvalue weighted by molar-refractivity contribution is 5.87. The Morgan fingerprint density at radius 2 is 0.778 bits per heavy atom. The second kappa shape index (κ2) is 30.4. The quantitative estimate of drug-likeness (QED) is 0.0572. The maximum atomic E-state index is 12.1. The highest BCUT2D eigenvalue weighted by atomic mass is 16.5. The van der Waals surface area contributed by atoms with Crippen LogP contribution in [0.15, 0.2) is 11.6 Å². The zero-order chi connectivity index (χ0) is 26.4. The van der Waals surface area contributed by atoms with E-state index in [0.717, 1.165) is 18.4 Å². The predicted octanol–water partition coefficient (Wildman–Crippen LogP) is 12.0. The van der Waals surface area contributed by atoms with Crippen molar-refractivity contribution in [2.24, 2.45) is 0 Å². The van der Waals surface area contributed by atoms with Crippen molar-refractivity contribution in [3.05, 3.63) is 11.6 Å². The fraction of sp³-hybridized carbons (Fsp3) is 0.912. The third-order valence-corrected chi connectivity index (χ3v) is 7.56. The van der Waals surface area contributed by atoms with Crippen LogP contribution >= 0.6 is 0 Å². The first-order chi connectivity index (χ1) is 17.7. The molecule has 0 aliphatic rings. The molecule has 0 aromatic heterocycles. The Morgan fingerprint density at radius 3 is 1.14 bits per heavy atom. The van der Waals surface area contributed by atoms with Gasteiger partial charge in [-0.2, -0.15) is 0 Å². The van der Waals surface area contributed by atoms with Crippen LogP contribution in [-0.2, 0) is 9.53 Å². The first-order valence-corrected chi connectivity index (χ1v) is 16.6. The van der Waals surface area contributed by atoms with E-state index >= 15 is 0 Å². The molecule has 0 saturated heterocycles. The molecule has 0 N–H and O–H groups in total. The lowest BCUT2D eigenvalue weighted by molar-refractivity contribution is -0.139. The third kappa shape index (κ3) is 27.8. The minimum Gasteiger partial charge on any atom is -0.462 e. The molecule has 0 fully saturated rings. The number of allylic oxidation sites excluding steroid dienone is 1. The molecular formula is C34H66O2. The second-order valence-corrected chi connectivity index (χ2v) is 11.3. The van der Waals surface area contributed by atoms with Gasteiger partial charge in [-0.25, -0.2) is 4.79 Å². The zero-order valence-electron chi connectivity index (χ0n) is 25.2. The van der Waals surface area contributed by atoms with Gasteiger partial charge >= 0.3 is 5.97 Å². The summed E-state index contributed by atoms with van der Waals surface area (Å²) in [5, 5.41) is 0. The largest absolute Gasteiger partial charge is 0.462 e. The molecule has 2 nitrogen and oxygen atoms in total. The predicted molar refractivity (Wildman–Crippen MR) is 161 cm³/mol. The standard InChI is InChI=1S/C34H66O2/c1-4-6-8-10-12-14-16-17-18-19-20-22-24-26-28-30-32-36-34(35)33(3)31-29-27-25-23-21-15-13-11-9-7-5-2/h31H,4-30,32H2,1-3H3. The summed E-state index contributed by atoms with van der Waals surface area (Å²) in [5.74, 6) is -0.108. The summed E-state index contributed by atoms with van der Waals surface area (Å²) in [7, 11) is 0. The van der Waals surface area contributed by atoms with Crippen LogP contribution in [-0.4, -0.2) is 12.6 Å². The van der Waals surface area contributed by atoms with Crippen molar-refractivity contribution >= 4 is 5.97 Å². The molecule has 0 aromatic carbocycles. The number of hydrogen-bond donors (Lipinski definition) is 0. The average Bonchev–Trinajstić information content (AvgIpc) is 2.88. The second-order valence-electron chi connectivity index (χ2n) is 11.3. The van der Waals surface area contributed by atoms with Gasteiger partial charge in [-0.3, -0.25) is 0 Å². The van der Waals surface area contributed by atoms with Crippen LogP contribution in [0.3, 0.4) is 0 Å². The van der Waals surface area contributed by atoms with Gasteiger partial charge < -0.3 is 4.74 Å². The highest BCUT2D eigenvalue weighted by Gasteiger charge is 2.05. The van der Waals surface area contributed by atoms with Crippen molar-refractivity contribution < 1.29 is 9.53 Å². The molecule has 0 heterocycles. The van der Waals surface area contributed by atoms with Gasteiger partial charge in [0.05, 0.1) is 6.61 Å². The van der Waals surface area contributed by atoms with Crippen molar-refractivity contribution in [3.8, 4) is 0 Å². The minimum absolute atomic E-state index is 0.108. The van der Waals surface area contributed by atoms with E-state index in [1.165, 1.54) is 161 Å². The van der Waals surface area contributed by atoms with Gasteiger partial charge in [-0.15, -0.1) is 0 Å². The Kier molecular flexibility index (Phi) is 29.8. The topological polar surface area (TPSA) is 26.3 Å². The molecule has 0 saturated carbocycles. The van der Waals surface area contributed by atoms with E-state index in [2.05, 4.69) is 19.9 Å². The van der Waals surface area contributed by atoms with Gasteiger partial charge in [0.25, 0.3) is 0 Å². The van der Waals surface area contributed by atoms with E-state index in [1.807, 2.05) is 6.92 Å². The van der Waals surface area contributed by atoms with E-state index in [1.54, 1.807) is 0 Å². The van der Waals surface area contributed by atoms with Gasteiger partial charge in [-0.05, 0) is 26.2 Å². The molecular weight excluding hydrogens is 440 g/mol. The molecule has 0 radical (unpaired) electrons. The van der Waals surface area contributed by atoms with Crippen molar-refractivity contribution in [3.63, 3.8) is 0 Å². The molecule has 0 amide bonds. The summed E-state index contributed by atoms with van der Waals surface area (Å²) in [6, 6.07) is 0. The summed E-state index contributed by atoms with van der Waals surface area (Å²) >= 11 is 0. The Bertz CT molecular complexity index is 468. The van der Waals surface area contributed by atoms with Crippen molar-refractivity contribution in [2.45, 2.75) is 194 Å². The summed E-state index contributed by atoms with van der Waals surface area (Å²) in [6.45, 7) is 7.06. The van der Waals surface area contributed by atoms with Crippen molar-refractivity contribution in [2.75, 3.05) is 6.61 Å². The first-order valence-electron chi connectivity index (χ1n) is 16.6. The Balaban J connectivity index is 3.34. The van der Waals surface area contributed by atoms with E-state index in [0.29, 0.717) is 6.61 Å². The van der Waals surface area contributed by atoms with Crippen LogP contribution in [0.1, 0.15) is 194 Å². The van der Waals surface area contributed by atoms with Crippen LogP contribution in [0.4, 0.5) is 0 Å². The van der Waals surface area contributed by atoms with Crippen LogP contribution in [0.5, 0.6) is 0 Å². The normalized spacial score (nSPS) is 11.8. The molecule has 0 aliphatic carbocycles. The Morgan fingerprint density at radius 1 is 0.472 bits per heavy atom. The van der Waals surface area contributed by atoms with Crippen molar-refractivity contribution in [1.29, 1.82) is 0 Å². The van der Waals surface area contributed by atoms with Crippen LogP contribution in [0, 0.1) is 0 Å². The molecule has 0 aromatic rings. The smallest absolute Gasteiger partial charge is 0.333 e. The van der Waals surface area contributed by atoms with Gasteiger partial charge in [0.1, 0.15) is 0 Å². The number of carbonyl (C=O) groups is 1. The number of rotatable bonds is 29. The fourth-order valence-electron chi connectivity index (χ4n) is 4.96.